The van der Waals surface area contributed by atoms with E-state index in [1.54, 1.807) is 11.3 Å². The van der Waals surface area contributed by atoms with Gasteiger partial charge in [-0.05, 0) is 36.2 Å². The molecule has 1 aromatic heterocycles. The molecule has 0 aliphatic carbocycles. The Morgan fingerprint density at radius 2 is 1.85 bits per heavy atom. The molecule has 2 nitrogen and oxygen atoms in total. The van der Waals surface area contributed by atoms with Crippen LogP contribution in [0.15, 0.2) is 42.5 Å². The molecule has 3 aromatic rings. The quantitative estimate of drug-likeness (QED) is 0.782. The summed E-state index contributed by atoms with van der Waals surface area (Å²) in [5.41, 5.74) is 2.02. The summed E-state index contributed by atoms with van der Waals surface area (Å²) in [5, 5.41) is 13.8. The van der Waals surface area contributed by atoms with Crippen LogP contribution in [0.3, 0.4) is 0 Å². The predicted molar refractivity (Wildman–Crippen MR) is 84.2 cm³/mol. The molecule has 0 aliphatic rings. The molecule has 1 atom stereocenters. The van der Waals surface area contributed by atoms with Crippen LogP contribution in [0.1, 0.15) is 27.2 Å². The van der Waals surface area contributed by atoms with E-state index in [1.807, 2.05) is 25.1 Å². The van der Waals surface area contributed by atoms with Gasteiger partial charge in [-0.15, -0.1) is 11.3 Å². The lowest BCUT2D eigenvalue weighted by molar-refractivity contribution is 0.178. The number of aromatic nitrogens is 1. The number of thiazole rings is 1. The second-order valence-electron chi connectivity index (χ2n) is 5.08. The summed E-state index contributed by atoms with van der Waals surface area (Å²) >= 11 is 1.67. The van der Waals surface area contributed by atoms with Crippen LogP contribution < -0.4 is 0 Å². The number of hydrogen-bond acceptors (Lipinski definition) is 3. The Kier molecular flexibility index (Phi) is 3.55. The van der Waals surface area contributed by atoms with Crippen molar-refractivity contribution < 1.29 is 5.11 Å². The molecule has 0 saturated heterocycles. The van der Waals surface area contributed by atoms with Crippen LogP contribution in [-0.2, 0) is 6.42 Å². The van der Waals surface area contributed by atoms with Crippen molar-refractivity contribution in [3.63, 3.8) is 0 Å². The van der Waals surface area contributed by atoms with Crippen LogP contribution in [0.25, 0.3) is 10.8 Å². The topological polar surface area (TPSA) is 33.1 Å². The molecule has 1 heterocycles. The largest absolute Gasteiger partial charge is 0.388 e. The van der Waals surface area contributed by atoms with Crippen molar-refractivity contribution >= 4 is 22.1 Å². The van der Waals surface area contributed by atoms with E-state index in [0.29, 0.717) is 6.42 Å². The average Bonchev–Trinajstić information content (AvgIpc) is 2.76. The number of hydrogen-bond donors (Lipinski definition) is 1. The van der Waals surface area contributed by atoms with E-state index in [2.05, 4.69) is 36.2 Å². The fraction of sp³-hybridized carbons (Fsp3) is 0.235. The van der Waals surface area contributed by atoms with Gasteiger partial charge in [0.25, 0.3) is 0 Å². The second kappa shape index (κ2) is 5.35. The van der Waals surface area contributed by atoms with Crippen molar-refractivity contribution in [2.45, 2.75) is 26.4 Å². The summed E-state index contributed by atoms with van der Waals surface area (Å²) in [4.78, 5) is 5.72. The van der Waals surface area contributed by atoms with Crippen LogP contribution in [0, 0.1) is 13.8 Å². The molecule has 0 saturated carbocycles. The molecule has 0 bridgehead atoms. The van der Waals surface area contributed by atoms with E-state index in [1.165, 1.54) is 10.3 Å². The number of rotatable bonds is 3. The van der Waals surface area contributed by atoms with Crippen LogP contribution in [0.4, 0.5) is 0 Å². The monoisotopic (exact) mass is 283 g/mol. The van der Waals surface area contributed by atoms with Gasteiger partial charge in [0.15, 0.2) is 0 Å². The maximum absolute atomic E-state index is 10.4. The molecule has 0 amide bonds. The minimum Gasteiger partial charge on any atom is -0.388 e. The fourth-order valence-electron chi connectivity index (χ4n) is 2.32. The smallest absolute Gasteiger partial charge is 0.0960 e. The summed E-state index contributed by atoms with van der Waals surface area (Å²) in [6, 6.07) is 14.3. The second-order valence-corrected chi connectivity index (χ2v) is 6.36. The molecule has 0 radical (unpaired) electrons. The van der Waals surface area contributed by atoms with E-state index >= 15 is 0 Å². The van der Waals surface area contributed by atoms with Gasteiger partial charge in [0.05, 0.1) is 16.8 Å². The first kappa shape index (κ1) is 13.3. The molecule has 1 N–H and O–H groups in total. The molecule has 102 valence electrons. The third kappa shape index (κ3) is 2.60. The first-order valence-corrected chi connectivity index (χ1v) is 7.55. The lowest BCUT2D eigenvalue weighted by Gasteiger charge is -2.10. The van der Waals surface area contributed by atoms with Crippen molar-refractivity contribution in [2.75, 3.05) is 0 Å². The molecular weight excluding hydrogens is 266 g/mol. The van der Waals surface area contributed by atoms with E-state index < -0.39 is 6.10 Å². The molecule has 0 spiro atoms. The van der Waals surface area contributed by atoms with Gasteiger partial charge in [0.1, 0.15) is 0 Å². The Labute approximate surface area is 122 Å². The maximum Gasteiger partial charge on any atom is 0.0960 e. The summed E-state index contributed by atoms with van der Waals surface area (Å²) < 4.78 is 0. The lowest BCUT2D eigenvalue weighted by atomic mass is 10.0. The fourth-order valence-corrected chi connectivity index (χ4v) is 3.30. The van der Waals surface area contributed by atoms with Crippen LogP contribution >= 0.6 is 11.3 Å². The highest BCUT2D eigenvalue weighted by Gasteiger charge is 2.12. The molecule has 20 heavy (non-hydrogen) atoms. The third-order valence-corrected chi connectivity index (χ3v) is 4.69. The third-order valence-electron chi connectivity index (χ3n) is 3.60. The van der Waals surface area contributed by atoms with Crippen molar-refractivity contribution in [3.8, 4) is 0 Å². The first-order valence-electron chi connectivity index (χ1n) is 6.73. The molecule has 0 fully saturated rings. The van der Waals surface area contributed by atoms with Crippen molar-refractivity contribution in [3.05, 3.63) is 63.6 Å². The Morgan fingerprint density at radius 1 is 1.10 bits per heavy atom. The number of fused-ring (bicyclic) bond motifs is 1. The minimum absolute atomic E-state index is 0.496. The number of benzene rings is 2. The van der Waals surface area contributed by atoms with E-state index in [4.69, 9.17) is 0 Å². The maximum atomic E-state index is 10.4. The molecule has 0 aliphatic heterocycles. The van der Waals surface area contributed by atoms with Gasteiger partial charge in [-0.3, -0.25) is 0 Å². The SMILES string of the molecule is Cc1nc(CC(O)c2ccc3ccccc3c2)sc1C. The van der Waals surface area contributed by atoms with E-state index in [0.717, 1.165) is 21.7 Å². The van der Waals surface area contributed by atoms with Gasteiger partial charge in [0, 0.05) is 11.3 Å². The van der Waals surface area contributed by atoms with Crippen LogP contribution in [0.5, 0.6) is 0 Å². The summed E-state index contributed by atoms with van der Waals surface area (Å²) in [5.74, 6) is 0. The molecule has 3 rings (SSSR count). The predicted octanol–water partition coefficient (Wildman–Crippen LogP) is 4.19. The van der Waals surface area contributed by atoms with Gasteiger partial charge < -0.3 is 5.11 Å². The van der Waals surface area contributed by atoms with Crippen molar-refractivity contribution in [1.29, 1.82) is 0 Å². The number of aliphatic hydroxyl groups excluding tert-OH is 1. The zero-order chi connectivity index (χ0) is 14.1. The van der Waals surface area contributed by atoms with Crippen LogP contribution in [0.2, 0.25) is 0 Å². The number of aliphatic hydroxyl groups is 1. The summed E-state index contributed by atoms with van der Waals surface area (Å²) in [7, 11) is 0. The zero-order valence-corrected chi connectivity index (χ0v) is 12.4. The van der Waals surface area contributed by atoms with Gasteiger partial charge in [0.2, 0.25) is 0 Å². The Morgan fingerprint density at radius 3 is 2.55 bits per heavy atom. The Hall–Kier alpha value is -1.71. The first-order chi connectivity index (χ1) is 9.63. The molecular formula is C17H17NOS. The normalized spacial score (nSPS) is 12.8. The Bertz CT molecular complexity index is 728. The molecule has 2 aromatic carbocycles. The molecule has 1 unspecified atom stereocenters. The summed E-state index contributed by atoms with van der Waals surface area (Å²) in [6.07, 6.45) is 0.0853. The van der Waals surface area contributed by atoms with Crippen LogP contribution in [-0.4, -0.2) is 10.1 Å². The van der Waals surface area contributed by atoms with Gasteiger partial charge in [-0.25, -0.2) is 4.98 Å². The standard InChI is InChI=1S/C17H17NOS/c1-11-12(2)20-17(18-11)10-16(19)15-8-7-13-5-3-4-6-14(13)9-15/h3-9,16,19H,10H2,1-2H3. The van der Waals surface area contributed by atoms with Crippen molar-refractivity contribution in [2.24, 2.45) is 0 Å². The summed E-state index contributed by atoms with van der Waals surface area (Å²) in [6.45, 7) is 4.08. The van der Waals surface area contributed by atoms with Crippen molar-refractivity contribution in [1.82, 2.24) is 4.98 Å². The Balaban J connectivity index is 1.86. The lowest BCUT2D eigenvalue weighted by Crippen LogP contribution is -2.01. The number of nitrogens with zero attached hydrogens (tertiary/aromatic N) is 1. The van der Waals surface area contributed by atoms with E-state index in [9.17, 15) is 5.11 Å². The van der Waals surface area contributed by atoms with Gasteiger partial charge in [-0.2, -0.15) is 0 Å². The highest BCUT2D eigenvalue weighted by Crippen LogP contribution is 2.25. The van der Waals surface area contributed by atoms with Gasteiger partial charge >= 0.3 is 0 Å². The van der Waals surface area contributed by atoms with E-state index in [-0.39, 0.29) is 0 Å². The highest BCUT2D eigenvalue weighted by molar-refractivity contribution is 7.11. The van der Waals surface area contributed by atoms with Gasteiger partial charge in [-0.1, -0.05) is 36.4 Å². The average molecular weight is 283 g/mol. The molecule has 3 heteroatoms. The zero-order valence-electron chi connectivity index (χ0n) is 11.6. The number of aryl methyl sites for hydroxylation is 2. The minimum atomic E-state index is -0.496. The highest BCUT2D eigenvalue weighted by atomic mass is 32.1.